The van der Waals surface area contributed by atoms with Gasteiger partial charge in [-0.1, -0.05) is 22.0 Å². The largest absolute Gasteiger partial charge is 0.470 e. The van der Waals surface area contributed by atoms with E-state index >= 15 is 0 Å². The number of hydrogen-bond donors (Lipinski definition) is 2. The Morgan fingerprint density at radius 2 is 1.90 bits per heavy atom. The van der Waals surface area contributed by atoms with E-state index in [1.54, 1.807) is 6.07 Å². The quantitative estimate of drug-likeness (QED) is 0.846. The molecule has 0 unspecified atom stereocenters. The summed E-state index contributed by atoms with van der Waals surface area (Å²) in [6.07, 6.45) is 0. The highest BCUT2D eigenvalue weighted by Crippen LogP contribution is 2.28. The van der Waals surface area contributed by atoms with Crippen molar-refractivity contribution in [2.24, 2.45) is 0 Å². The zero-order valence-electron chi connectivity index (χ0n) is 12.7. The lowest BCUT2D eigenvalue weighted by molar-refractivity contribution is 0.125. The van der Waals surface area contributed by atoms with Crippen molar-refractivity contribution in [1.29, 1.82) is 0 Å². The number of pyridine rings is 1. The van der Waals surface area contributed by atoms with Gasteiger partial charge in [-0.15, -0.1) is 0 Å². The Morgan fingerprint density at radius 3 is 2.57 bits per heavy atom. The molecule has 1 heterocycles. The Balaban J connectivity index is 2.29. The van der Waals surface area contributed by atoms with Gasteiger partial charge in [0.05, 0.1) is 5.69 Å². The summed E-state index contributed by atoms with van der Waals surface area (Å²) >= 11 is 3.47. The van der Waals surface area contributed by atoms with Crippen LogP contribution in [-0.4, -0.2) is 10.6 Å². The Morgan fingerprint density at radius 1 is 1.19 bits per heavy atom. The fraction of sp³-hybridized carbons (Fsp3) is 0.312. The van der Waals surface area contributed by atoms with Crippen LogP contribution < -0.4 is 15.8 Å². The van der Waals surface area contributed by atoms with Gasteiger partial charge in [0.15, 0.2) is 0 Å². The number of rotatable bonds is 3. The van der Waals surface area contributed by atoms with Gasteiger partial charge in [-0.05, 0) is 57.5 Å². The Labute approximate surface area is 133 Å². The van der Waals surface area contributed by atoms with Gasteiger partial charge >= 0.3 is 0 Å². The molecule has 0 fully saturated rings. The van der Waals surface area contributed by atoms with Gasteiger partial charge in [0, 0.05) is 10.2 Å². The molecule has 0 saturated heterocycles. The number of hydrogen-bond acceptors (Lipinski definition) is 4. The summed E-state index contributed by atoms with van der Waals surface area (Å²) in [6, 6.07) is 9.69. The number of ether oxygens (including phenoxy) is 1. The van der Waals surface area contributed by atoms with Gasteiger partial charge in [0.25, 0.3) is 0 Å². The molecule has 0 aliphatic heterocycles. The number of nitrogens with two attached hydrogens (primary N) is 1. The molecule has 0 aliphatic rings. The summed E-state index contributed by atoms with van der Waals surface area (Å²) < 4.78 is 6.79. The number of aryl methyl sites for hydroxylation is 1. The van der Waals surface area contributed by atoms with Gasteiger partial charge in [-0.3, -0.25) is 0 Å². The van der Waals surface area contributed by atoms with Crippen LogP contribution in [0, 0.1) is 6.92 Å². The molecule has 2 aromatic rings. The third-order valence-electron chi connectivity index (χ3n) is 2.75. The molecule has 3 N–H and O–H groups in total. The van der Waals surface area contributed by atoms with E-state index in [4.69, 9.17) is 10.5 Å². The fourth-order valence-electron chi connectivity index (χ4n) is 1.76. The minimum atomic E-state index is -0.342. The van der Waals surface area contributed by atoms with Crippen molar-refractivity contribution < 1.29 is 4.74 Å². The Bertz CT molecular complexity index is 650. The Hall–Kier alpha value is -1.75. The van der Waals surface area contributed by atoms with Crippen molar-refractivity contribution in [2.75, 3.05) is 11.1 Å². The highest BCUT2D eigenvalue weighted by atomic mass is 79.9. The molecular weight excluding hydrogens is 330 g/mol. The molecule has 4 nitrogen and oxygen atoms in total. The van der Waals surface area contributed by atoms with E-state index in [-0.39, 0.29) is 5.60 Å². The standard InChI is InChI=1S/C16H20BrN3O/c1-10-5-6-11(17)9-13(10)19-14-8-7-12(18)15(20-14)21-16(2,3)4/h5-9H,18H2,1-4H3,(H,19,20). The van der Waals surface area contributed by atoms with Crippen LogP contribution in [0.1, 0.15) is 26.3 Å². The van der Waals surface area contributed by atoms with Gasteiger partial charge < -0.3 is 15.8 Å². The molecule has 2 rings (SSSR count). The van der Waals surface area contributed by atoms with Gasteiger partial charge in [0.1, 0.15) is 11.4 Å². The lowest BCUT2D eigenvalue weighted by Gasteiger charge is -2.22. The number of halogens is 1. The summed E-state index contributed by atoms with van der Waals surface area (Å²) in [5.41, 5.74) is 8.23. The molecule has 21 heavy (non-hydrogen) atoms. The smallest absolute Gasteiger partial charge is 0.239 e. The number of nitrogens with one attached hydrogen (secondary N) is 1. The van der Waals surface area contributed by atoms with Crippen LogP contribution in [0.25, 0.3) is 0 Å². The summed E-state index contributed by atoms with van der Waals surface area (Å²) in [4.78, 5) is 4.45. The average molecular weight is 350 g/mol. The maximum atomic E-state index is 5.92. The van der Waals surface area contributed by atoms with E-state index in [1.165, 1.54) is 0 Å². The molecule has 0 bridgehead atoms. The van der Waals surface area contributed by atoms with E-state index in [9.17, 15) is 0 Å². The summed E-state index contributed by atoms with van der Waals surface area (Å²) in [5.74, 6) is 1.14. The molecule has 0 radical (unpaired) electrons. The first-order valence-electron chi connectivity index (χ1n) is 6.73. The fourth-order valence-corrected chi connectivity index (χ4v) is 2.12. The predicted octanol–water partition coefficient (Wildman–Crippen LogP) is 4.66. The average Bonchev–Trinajstić information content (AvgIpc) is 2.36. The highest BCUT2D eigenvalue weighted by Gasteiger charge is 2.15. The normalized spacial score (nSPS) is 11.3. The Kier molecular flexibility index (Phi) is 4.42. The molecule has 5 heteroatoms. The van der Waals surface area contributed by atoms with Crippen LogP contribution in [0.15, 0.2) is 34.8 Å². The third-order valence-corrected chi connectivity index (χ3v) is 3.25. The number of aromatic nitrogens is 1. The van der Waals surface area contributed by atoms with Crippen molar-refractivity contribution in [1.82, 2.24) is 4.98 Å². The van der Waals surface area contributed by atoms with Crippen molar-refractivity contribution >= 4 is 33.1 Å². The molecule has 1 aromatic heterocycles. The topological polar surface area (TPSA) is 60.2 Å². The monoisotopic (exact) mass is 349 g/mol. The predicted molar refractivity (Wildman–Crippen MR) is 91.2 cm³/mol. The number of anilines is 3. The summed E-state index contributed by atoms with van der Waals surface area (Å²) in [7, 11) is 0. The van der Waals surface area contributed by atoms with Crippen molar-refractivity contribution in [3.63, 3.8) is 0 Å². The first-order chi connectivity index (χ1) is 9.74. The lowest BCUT2D eigenvalue weighted by Crippen LogP contribution is -2.24. The minimum Gasteiger partial charge on any atom is -0.470 e. The minimum absolute atomic E-state index is 0.342. The number of benzene rings is 1. The van der Waals surface area contributed by atoms with Crippen LogP contribution in [0.5, 0.6) is 5.88 Å². The van der Waals surface area contributed by atoms with Crippen molar-refractivity contribution in [3.05, 3.63) is 40.4 Å². The van der Waals surface area contributed by atoms with E-state index < -0.39 is 0 Å². The maximum Gasteiger partial charge on any atom is 0.239 e. The zero-order chi connectivity index (χ0) is 15.6. The van der Waals surface area contributed by atoms with E-state index in [0.717, 1.165) is 15.7 Å². The second-order valence-corrected chi connectivity index (χ2v) is 6.81. The molecule has 0 atom stereocenters. The van der Waals surface area contributed by atoms with Crippen LogP contribution in [0.4, 0.5) is 17.2 Å². The highest BCUT2D eigenvalue weighted by molar-refractivity contribution is 9.10. The second kappa shape index (κ2) is 5.93. The van der Waals surface area contributed by atoms with E-state index in [2.05, 4.69) is 26.2 Å². The molecule has 112 valence electrons. The molecule has 0 spiro atoms. The van der Waals surface area contributed by atoms with Crippen LogP contribution in [-0.2, 0) is 0 Å². The summed E-state index contributed by atoms with van der Waals surface area (Å²) in [6.45, 7) is 7.94. The van der Waals surface area contributed by atoms with Crippen LogP contribution in [0.3, 0.4) is 0 Å². The summed E-state index contributed by atoms with van der Waals surface area (Å²) in [5, 5.41) is 3.29. The maximum absolute atomic E-state index is 5.92. The molecule has 1 aromatic carbocycles. The van der Waals surface area contributed by atoms with Crippen LogP contribution in [0.2, 0.25) is 0 Å². The van der Waals surface area contributed by atoms with E-state index in [1.807, 2.05) is 52.0 Å². The third kappa shape index (κ3) is 4.36. The molecule has 0 saturated carbocycles. The van der Waals surface area contributed by atoms with Gasteiger partial charge in [-0.2, -0.15) is 4.98 Å². The van der Waals surface area contributed by atoms with Crippen molar-refractivity contribution in [2.45, 2.75) is 33.3 Å². The second-order valence-electron chi connectivity index (χ2n) is 5.89. The van der Waals surface area contributed by atoms with Gasteiger partial charge in [-0.25, -0.2) is 0 Å². The van der Waals surface area contributed by atoms with Crippen molar-refractivity contribution in [3.8, 4) is 5.88 Å². The molecule has 0 aliphatic carbocycles. The first kappa shape index (κ1) is 15.6. The molecule has 0 amide bonds. The zero-order valence-corrected chi connectivity index (χ0v) is 14.3. The number of nitrogens with zero attached hydrogens (tertiary/aromatic N) is 1. The lowest BCUT2D eigenvalue weighted by atomic mass is 10.2. The number of nitrogen functional groups attached to an aromatic ring is 1. The van der Waals surface area contributed by atoms with Crippen LogP contribution >= 0.6 is 15.9 Å². The first-order valence-corrected chi connectivity index (χ1v) is 7.52. The SMILES string of the molecule is Cc1ccc(Br)cc1Nc1ccc(N)c(OC(C)(C)C)n1. The molecular formula is C16H20BrN3O. The van der Waals surface area contributed by atoms with Gasteiger partial charge in [0.2, 0.25) is 5.88 Å². The van der Waals surface area contributed by atoms with E-state index in [0.29, 0.717) is 17.4 Å².